The summed E-state index contributed by atoms with van der Waals surface area (Å²) in [6, 6.07) is 1.56. The molecule has 1 heterocycles. The molecule has 0 aliphatic rings. The Labute approximate surface area is 98.3 Å². The minimum Gasteiger partial charge on any atom is -0.443 e. The third-order valence-corrected chi connectivity index (χ3v) is 1.50. The van der Waals surface area contributed by atoms with Crippen LogP contribution in [-0.4, -0.2) is 21.7 Å². The number of rotatable bonds is 2. The minimum atomic E-state index is -0.595. The van der Waals surface area contributed by atoms with Crippen LogP contribution in [0, 0.1) is 0 Å². The van der Waals surface area contributed by atoms with Gasteiger partial charge in [-0.1, -0.05) is 0 Å². The summed E-state index contributed by atoms with van der Waals surface area (Å²) in [6.07, 6.45) is 0.872. The van der Waals surface area contributed by atoms with Crippen LogP contribution in [-0.2, 0) is 4.74 Å². The molecular formula is C9H13ClN4O2. The van der Waals surface area contributed by atoms with Crippen molar-refractivity contribution in [2.24, 2.45) is 0 Å². The molecule has 1 aromatic rings. The molecule has 1 amide bonds. The molecule has 0 aliphatic heterocycles. The van der Waals surface area contributed by atoms with E-state index in [1.165, 1.54) is 6.20 Å². The monoisotopic (exact) mass is 244 g/mol. The Hall–Kier alpha value is -1.56. The number of carbonyl (C=O) groups is 1. The Kier molecular flexibility index (Phi) is 3.89. The smallest absolute Gasteiger partial charge is 0.426 e. The molecule has 7 heteroatoms. The maximum Gasteiger partial charge on any atom is 0.426 e. The van der Waals surface area contributed by atoms with Gasteiger partial charge in [0.15, 0.2) is 0 Å². The van der Waals surface area contributed by atoms with Crippen LogP contribution in [0.4, 0.5) is 10.6 Å². The number of ether oxygens (including phenoxy) is 1. The van der Waals surface area contributed by atoms with E-state index in [9.17, 15) is 4.79 Å². The minimum absolute atomic E-state index is 0.0935. The van der Waals surface area contributed by atoms with Crippen molar-refractivity contribution in [2.75, 3.05) is 5.43 Å². The first-order valence-corrected chi connectivity index (χ1v) is 4.98. The van der Waals surface area contributed by atoms with E-state index >= 15 is 0 Å². The van der Waals surface area contributed by atoms with Crippen LogP contribution < -0.4 is 10.9 Å². The summed E-state index contributed by atoms with van der Waals surface area (Å²) in [6.45, 7) is 5.32. The van der Waals surface area contributed by atoms with E-state index in [4.69, 9.17) is 16.3 Å². The number of hydrogen-bond acceptors (Lipinski definition) is 5. The lowest BCUT2D eigenvalue weighted by Gasteiger charge is -2.19. The summed E-state index contributed by atoms with van der Waals surface area (Å²) < 4.78 is 5.00. The number of hydrazine groups is 1. The van der Waals surface area contributed by atoms with Gasteiger partial charge >= 0.3 is 6.09 Å². The molecule has 0 saturated heterocycles. The Balaban J connectivity index is 2.43. The molecule has 88 valence electrons. The first-order chi connectivity index (χ1) is 7.37. The van der Waals surface area contributed by atoms with Gasteiger partial charge in [-0.3, -0.25) is 5.43 Å². The Bertz CT molecular complexity index is 378. The van der Waals surface area contributed by atoms with Crippen molar-refractivity contribution < 1.29 is 9.53 Å². The van der Waals surface area contributed by atoms with Gasteiger partial charge in [-0.25, -0.2) is 15.2 Å². The molecule has 2 N–H and O–H groups in total. The molecule has 1 aromatic heterocycles. The van der Waals surface area contributed by atoms with E-state index in [0.717, 1.165) is 0 Å². The molecule has 0 aromatic carbocycles. The van der Waals surface area contributed by atoms with Crippen molar-refractivity contribution in [1.82, 2.24) is 15.4 Å². The van der Waals surface area contributed by atoms with Gasteiger partial charge in [-0.2, -0.15) is 4.98 Å². The highest BCUT2D eigenvalue weighted by atomic mass is 35.5. The Morgan fingerprint density at radius 2 is 2.19 bits per heavy atom. The van der Waals surface area contributed by atoms with E-state index in [-0.39, 0.29) is 5.28 Å². The summed E-state index contributed by atoms with van der Waals surface area (Å²) in [5.41, 5.74) is 4.32. The number of anilines is 1. The zero-order valence-electron chi connectivity index (χ0n) is 9.24. The topological polar surface area (TPSA) is 76.1 Å². The fourth-order valence-corrected chi connectivity index (χ4v) is 0.971. The van der Waals surface area contributed by atoms with Crippen LogP contribution in [0.3, 0.4) is 0 Å². The SMILES string of the molecule is CC(C)(C)OC(=O)NNc1ccnc(Cl)n1. The molecule has 0 atom stereocenters. The largest absolute Gasteiger partial charge is 0.443 e. The highest BCUT2D eigenvalue weighted by Crippen LogP contribution is 2.07. The number of halogens is 1. The van der Waals surface area contributed by atoms with E-state index in [1.807, 2.05) is 0 Å². The molecule has 0 aliphatic carbocycles. The van der Waals surface area contributed by atoms with Crippen molar-refractivity contribution >= 4 is 23.5 Å². The van der Waals surface area contributed by atoms with Gasteiger partial charge in [0.2, 0.25) is 5.28 Å². The van der Waals surface area contributed by atoms with E-state index < -0.39 is 11.7 Å². The Morgan fingerprint density at radius 1 is 1.50 bits per heavy atom. The van der Waals surface area contributed by atoms with Crippen molar-refractivity contribution in [1.29, 1.82) is 0 Å². The maximum absolute atomic E-state index is 11.2. The molecule has 0 saturated carbocycles. The zero-order valence-corrected chi connectivity index (χ0v) is 10.00. The van der Waals surface area contributed by atoms with Crippen LogP contribution >= 0.6 is 11.6 Å². The zero-order chi connectivity index (χ0) is 12.2. The number of nitrogens with one attached hydrogen (secondary N) is 2. The fraction of sp³-hybridized carbons (Fsp3) is 0.444. The van der Waals surface area contributed by atoms with E-state index in [0.29, 0.717) is 5.82 Å². The predicted molar refractivity (Wildman–Crippen MR) is 60.0 cm³/mol. The number of carbonyl (C=O) groups excluding carboxylic acids is 1. The third kappa shape index (κ3) is 4.79. The Morgan fingerprint density at radius 3 is 2.75 bits per heavy atom. The molecule has 6 nitrogen and oxygen atoms in total. The van der Waals surface area contributed by atoms with Gasteiger partial charge in [-0.05, 0) is 32.4 Å². The second-order valence-corrected chi connectivity index (χ2v) is 4.30. The highest BCUT2D eigenvalue weighted by molar-refractivity contribution is 6.28. The second-order valence-electron chi connectivity index (χ2n) is 3.96. The molecule has 16 heavy (non-hydrogen) atoms. The standard InChI is InChI=1S/C9H13ClN4O2/c1-9(2,3)16-8(15)14-13-6-4-5-11-7(10)12-6/h4-5H,1-3H3,(H,14,15)(H,11,12,13). The molecule has 0 spiro atoms. The maximum atomic E-state index is 11.2. The average molecular weight is 245 g/mol. The highest BCUT2D eigenvalue weighted by Gasteiger charge is 2.15. The van der Waals surface area contributed by atoms with Gasteiger partial charge in [-0.15, -0.1) is 0 Å². The lowest BCUT2D eigenvalue weighted by molar-refractivity contribution is 0.0541. The van der Waals surface area contributed by atoms with Crippen LogP contribution in [0.2, 0.25) is 5.28 Å². The summed E-state index contributed by atoms with van der Waals surface area (Å²) in [5, 5.41) is 0.0935. The van der Waals surface area contributed by atoms with Crippen LogP contribution in [0.25, 0.3) is 0 Å². The fourth-order valence-electron chi connectivity index (χ4n) is 0.823. The lowest BCUT2D eigenvalue weighted by Crippen LogP contribution is -2.36. The average Bonchev–Trinajstić information content (AvgIpc) is 2.12. The molecule has 0 bridgehead atoms. The number of nitrogens with zero attached hydrogens (tertiary/aromatic N) is 2. The molecular weight excluding hydrogens is 232 g/mol. The van der Waals surface area contributed by atoms with Gasteiger partial charge in [0.25, 0.3) is 0 Å². The van der Waals surface area contributed by atoms with Gasteiger partial charge in [0, 0.05) is 12.3 Å². The molecule has 0 fully saturated rings. The van der Waals surface area contributed by atoms with Crippen LogP contribution in [0.1, 0.15) is 20.8 Å². The second kappa shape index (κ2) is 4.98. The first-order valence-electron chi connectivity index (χ1n) is 4.60. The molecule has 0 unspecified atom stereocenters. The normalized spacial score (nSPS) is 10.8. The summed E-state index contributed by atoms with van der Waals surface area (Å²) in [7, 11) is 0. The summed E-state index contributed by atoms with van der Waals surface area (Å²) in [5.74, 6) is 0.380. The number of hydrogen-bond donors (Lipinski definition) is 2. The van der Waals surface area contributed by atoms with Crippen molar-refractivity contribution in [2.45, 2.75) is 26.4 Å². The van der Waals surface area contributed by atoms with E-state index in [1.54, 1.807) is 26.8 Å². The van der Waals surface area contributed by atoms with Crippen molar-refractivity contribution in [3.8, 4) is 0 Å². The molecule has 1 rings (SSSR count). The van der Waals surface area contributed by atoms with Crippen LogP contribution in [0.15, 0.2) is 12.3 Å². The van der Waals surface area contributed by atoms with E-state index in [2.05, 4.69) is 20.8 Å². The quantitative estimate of drug-likeness (QED) is 0.615. The summed E-state index contributed by atoms with van der Waals surface area (Å²) in [4.78, 5) is 18.8. The summed E-state index contributed by atoms with van der Waals surface area (Å²) >= 11 is 5.56. The van der Waals surface area contributed by atoms with Crippen LogP contribution in [0.5, 0.6) is 0 Å². The van der Waals surface area contributed by atoms with Gasteiger partial charge in [0.05, 0.1) is 0 Å². The number of amides is 1. The first kappa shape index (κ1) is 12.5. The third-order valence-electron chi connectivity index (χ3n) is 1.32. The van der Waals surface area contributed by atoms with Gasteiger partial charge < -0.3 is 4.74 Å². The van der Waals surface area contributed by atoms with Crippen molar-refractivity contribution in [3.63, 3.8) is 0 Å². The molecule has 0 radical (unpaired) electrons. The number of aromatic nitrogens is 2. The lowest BCUT2D eigenvalue weighted by atomic mass is 10.2. The van der Waals surface area contributed by atoms with Gasteiger partial charge in [0.1, 0.15) is 11.4 Å². The van der Waals surface area contributed by atoms with Crippen molar-refractivity contribution in [3.05, 3.63) is 17.5 Å². The predicted octanol–water partition coefficient (Wildman–Crippen LogP) is 1.98.